The Hall–Kier alpha value is -4.28. The van der Waals surface area contributed by atoms with Gasteiger partial charge in [0.2, 0.25) is 0 Å². The molecule has 2 aliphatic rings. The Bertz CT molecular complexity index is 1520. The zero-order valence-electron chi connectivity index (χ0n) is 20.6. The second-order valence-corrected chi connectivity index (χ2v) is 9.38. The molecule has 194 valence electrons. The van der Waals surface area contributed by atoms with Crippen molar-refractivity contribution < 1.29 is 18.7 Å². The van der Waals surface area contributed by atoms with Gasteiger partial charge in [0.15, 0.2) is 0 Å². The van der Waals surface area contributed by atoms with E-state index in [9.17, 15) is 9.59 Å². The number of ether oxygens (including phenoxy) is 2. The van der Waals surface area contributed by atoms with E-state index in [1.54, 1.807) is 12.1 Å². The number of hydrogen-bond acceptors (Lipinski definition) is 9. The maximum absolute atomic E-state index is 12.4. The van der Waals surface area contributed by atoms with Gasteiger partial charge in [-0.3, -0.25) is 4.90 Å². The Kier molecular flexibility index (Phi) is 6.72. The second-order valence-electron chi connectivity index (χ2n) is 9.38. The van der Waals surface area contributed by atoms with Gasteiger partial charge in [0.1, 0.15) is 35.5 Å². The first-order valence-corrected chi connectivity index (χ1v) is 12.6. The van der Waals surface area contributed by atoms with Crippen LogP contribution in [0.4, 0.5) is 10.6 Å². The van der Waals surface area contributed by atoms with Crippen molar-refractivity contribution in [2.45, 2.75) is 25.2 Å². The number of pyridine rings is 1. The minimum Gasteiger partial charge on any atom is -0.488 e. The van der Waals surface area contributed by atoms with Crippen LogP contribution < -0.4 is 25.9 Å². The number of cyclic esters (lactones) is 1. The van der Waals surface area contributed by atoms with Gasteiger partial charge in [0.25, 0.3) is 5.71 Å². The summed E-state index contributed by atoms with van der Waals surface area (Å²) in [5.74, 6) is 1.25. The first-order valence-electron chi connectivity index (χ1n) is 12.6. The van der Waals surface area contributed by atoms with Crippen LogP contribution in [0.2, 0.25) is 0 Å². The third-order valence-corrected chi connectivity index (χ3v) is 6.60. The highest BCUT2D eigenvalue weighted by Crippen LogP contribution is 2.26. The van der Waals surface area contributed by atoms with Crippen LogP contribution >= 0.6 is 0 Å². The number of carbonyl (C=O) groups is 1. The number of hydrogen-bond donors (Lipinski definition) is 2. The molecule has 10 nitrogen and oxygen atoms in total. The molecule has 38 heavy (non-hydrogen) atoms. The van der Waals surface area contributed by atoms with Crippen molar-refractivity contribution in [3.8, 4) is 16.9 Å². The molecule has 4 aromatic rings. The maximum Gasteiger partial charge on any atom is 0.415 e. The van der Waals surface area contributed by atoms with E-state index in [2.05, 4.69) is 57.0 Å². The molecule has 2 aromatic heterocycles. The van der Waals surface area contributed by atoms with E-state index in [1.165, 1.54) is 4.90 Å². The quantitative estimate of drug-likeness (QED) is 0.325. The molecular formula is C28H27N5O5. The molecule has 6 rings (SSSR count). The third-order valence-electron chi connectivity index (χ3n) is 6.60. The molecule has 0 bridgehead atoms. The van der Waals surface area contributed by atoms with Crippen LogP contribution in [-0.2, 0) is 11.3 Å². The van der Waals surface area contributed by atoms with E-state index in [0.717, 1.165) is 41.7 Å². The summed E-state index contributed by atoms with van der Waals surface area (Å²) >= 11 is 0. The Morgan fingerprint density at radius 3 is 2.74 bits per heavy atom. The average molecular weight is 514 g/mol. The van der Waals surface area contributed by atoms with Crippen molar-refractivity contribution in [3.05, 3.63) is 82.8 Å². The molecule has 2 aromatic carbocycles. The van der Waals surface area contributed by atoms with Gasteiger partial charge in [-0.2, -0.15) is 4.98 Å². The summed E-state index contributed by atoms with van der Waals surface area (Å²) in [5.41, 5.74) is 3.35. The number of benzene rings is 2. The maximum atomic E-state index is 12.4. The van der Waals surface area contributed by atoms with Gasteiger partial charge >= 0.3 is 11.7 Å². The van der Waals surface area contributed by atoms with Gasteiger partial charge in [-0.1, -0.05) is 30.3 Å². The van der Waals surface area contributed by atoms with Crippen molar-refractivity contribution in [3.63, 3.8) is 0 Å². The lowest BCUT2D eigenvalue weighted by Crippen LogP contribution is -2.50. The standard InChI is InChI=1S/C28H27N5O5/c34-26-16-31-24-7-8-25(32-27(24)38-26)33-17-22(37-28(33)35)9-10-29-13-18-3-1-4-19(11-18)20-5-2-6-21(12-20)36-23-14-30-15-23/h1-8,11-12,16,22-23,29-30H,9-10,13-15,17H2/t22-/m0/s1. The van der Waals surface area contributed by atoms with Gasteiger partial charge in [0.05, 0.1) is 6.54 Å². The molecule has 2 aliphatic heterocycles. The smallest absolute Gasteiger partial charge is 0.415 e. The highest BCUT2D eigenvalue weighted by Gasteiger charge is 2.33. The van der Waals surface area contributed by atoms with Crippen molar-refractivity contribution in [2.24, 2.45) is 0 Å². The summed E-state index contributed by atoms with van der Waals surface area (Å²) < 4.78 is 16.6. The Labute approximate surface area is 218 Å². The number of amides is 1. The predicted molar refractivity (Wildman–Crippen MR) is 141 cm³/mol. The lowest BCUT2D eigenvalue weighted by atomic mass is 10.0. The number of nitrogens with zero attached hydrogens (tertiary/aromatic N) is 3. The van der Waals surface area contributed by atoms with E-state index >= 15 is 0 Å². The molecule has 2 fully saturated rings. The van der Waals surface area contributed by atoms with E-state index in [1.807, 2.05) is 12.1 Å². The summed E-state index contributed by atoms with van der Waals surface area (Å²) in [6.07, 6.45) is 1.25. The third kappa shape index (κ3) is 5.36. The number of anilines is 1. The molecule has 10 heteroatoms. The van der Waals surface area contributed by atoms with E-state index in [0.29, 0.717) is 37.4 Å². The van der Waals surface area contributed by atoms with Crippen LogP contribution in [0.1, 0.15) is 12.0 Å². The predicted octanol–water partition coefficient (Wildman–Crippen LogP) is 3.11. The van der Waals surface area contributed by atoms with Crippen molar-refractivity contribution in [1.29, 1.82) is 0 Å². The fourth-order valence-electron chi connectivity index (χ4n) is 4.49. The van der Waals surface area contributed by atoms with E-state index in [-0.39, 0.29) is 17.9 Å². The molecule has 0 aliphatic carbocycles. The molecule has 2 N–H and O–H groups in total. The number of nitrogens with one attached hydrogen (secondary N) is 2. The number of aromatic nitrogens is 2. The van der Waals surface area contributed by atoms with Gasteiger partial charge in [-0.25, -0.2) is 14.6 Å². The molecule has 0 spiro atoms. The van der Waals surface area contributed by atoms with Gasteiger partial charge < -0.3 is 24.5 Å². The van der Waals surface area contributed by atoms with Gasteiger partial charge in [0, 0.05) is 19.6 Å². The SMILES string of the molecule is O=C1O[C@@H](CCNCc2cccc(-c3cccc(OC4CNC4)c3)c2)CN1c1ccc2ncc(=O)oc2n1. The summed E-state index contributed by atoms with van der Waals surface area (Å²) in [4.78, 5) is 33.6. The Morgan fingerprint density at radius 2 is 1.89 bits per heavy atom. The molecule has 0 saturated carbocycles. The molecule has 1 amide bonds. The van der Waals surface area contributed by atoms with Gasteiger partial charge in [-0.05, 0) is 60.0 Å². The topological polar surface area (TPSA) is 119 Å². The molecule has 0 radical (unpaired) electrons. The molecule has 1 atom stereocenters. The van der Waals surface area contributed by atoms with Crippen molar-refractivity contribution >= 4 is 23.1 Å². The zero-order valence-corrected chi connectivity index (χ0v) is 20.6. The van der Waals surface area contributed by atoms with Crippen LogP contribution in [0.15, 0.2) is 76.1 Å². The molecule has 2 saturated heterocycles. The normalized spacial score (nSPS) is 17.4. The first kappa shape index (κ1) is 24.1. The van der Waals surface area contributed by atoms with Crippen LogP contribution in [0, 0.1) is 0 Å². The fraction of sp³-hybridized carbons (Fsp3) is 0.286. The summed E-state index contributed by atoms with van der Waals surface area (Å²) in [6, 6.07) is 19.9. The summed E-state index contributed by atoms with van der Waals surface area (Å²) in [6.45, 7) is 3.52. The van der Waals surface area contributed by atoms with Gasteiger partial charge in [-0.15, -0.1) is 0 Å². The second kappa shape index (κ2) is 10.6. The highest BCUT2D eigenvalue weighted by molar-refractivity contribution is 5.89. The largest absolute Gasteiger partial charge is 0.488 e. The average Bonchev–Trinajstić information content (AvgIpc) is 3.29. The lowest BCUT2D eigenvalue weighted by Gasteiger charge is -2.28. The van der Waals surface area contributed by atoms with Crippen molar-refractivity contribution in [2.75, 3.05) is 31.1 Å². The minimum absolute atomic E-state index is 0.0880. The molecular weight excluding hydrogens is 486 g/mol. The van der Waals surface area contributed by atoms with Crippen molar-refractivity contribution in [1.82, 2.24) is 20.6 Å². The minimum atomic E-state index is -0.593. The number of rotatable bonds is 9. The molecule has 0 unspecified atom stereocenters. The summed E-state index contributed by atoms with van der Waals surface area (Å²) in [5, 5.41) is 6.66. The first-order chi connectivity index (χ1) is 18.6. The van der Waals surface area contributed by atoms with Crippen LogP contribution in [-0.4, -0.2) is 54.4 Å². The Morgan fingerprint density at radius 1 is 1.05 bits per heavy atom. The van der Waals surface area contributed by atoms with Crippen LogP contribution in [0.25, 0.3) is 22.4 Å². The number of fused-ring (bicyclic) bond motifs is 1. The van der Waals surface area contributed by atoms with Crippen LogP contribution in [0.3, 0.4) is 0 Å². The lowest BCUT2D eigenvalue weighted by molar-refractivity contribution is 0.136. The van der Waals surface area contributed by atoms with E-state index in [4.69, 9.17) is 13.9 Å². The molecule has 4 heterocycles. The zero-order chi connectivity index (χ0) is 25.9. The highest BCUT2D eigenvalue weighted by atomic mass is 16.6. The monoisotopic (exact) mass is 513 g/mol. The van der Waals surface area contributed by atoms with E-state index < -0.39 is 11.7 Å². The van der Waals surface area contributed by atoms with Crippen LogP contribution in [0.5, 0.6) is 5.75 Å². The Balaban J connectivity index is 1.02. The summed E-state index contributed by atoms with van der Waals surface area (Å²) in [7, 11) is 0. The number of carbonyl (C=O) groups excluding carboxylic acids is 1. The fourth-order valence-corrected chi connectivity index (χ4v) is 4.49.